The van der Waals surface area contributed by atoms with Crippen molar-refractivity contribution in [1.29, 1.82) is 0 Å². The first-order valence-corrected chi connectivity index (χ1v) is 8.95. The van der Waals surface area contributed by atoms with E-state index in [-0.39, 0.29) is 6.42 Å². The molecule has 0 bridgehead atoms. The molecule has 0 aromatic heterocycles. The largest absolute Gasteiger partial charge is 0.481 e. The summed E-state index contributed by atoms with van der Waals surface area (Å²) in [4.78, 5) is 10.3. The van der Waals surface area contributed by atoms with E-state index in [9.17, 15) is 4.79 Å². The Balaban J connectivity index is 3.27. The molecule has 0 fully saturated rings. The van der Waals surface area contributed by atoms with Crippen molar-refractivity contribution in [2.24, 2.45) is 0 Å². The van der Waals surface area contributed by atoms with Crippen molar-refractivity contribution in [3.8, 4) is 0 Å². The van der Waals surface area contributed by atoms with Gasteiger partial charge in [-0.25, -0.2) is 0 Å². The van der Waals surface area contributed by atoms with Crippen molar-refractivity contribution >= 4 is 5.97 Å². The van der Waals surface area contributed by atoms with Gasteiger partial charge in [0.1, 0.15) is 0 Å². The normalized spacial score (nSPS) is 12.0. The summed E-state index contributed by atoms with van der Waals surface area (Å²) >= 11 is 0. The van der Waals surface area contributed by atoms with Crippen molar-refractivity contribution in [3.63, 3.8) is 0 Å². The molecule has 0 rings (SSSR count). The number of unbranched alkanes of at least 4 members (excludes halogenated alkanes) is 8. The summed E-state index contributed by atoms with van der Waals surface area (Å²) in [6.45, 7) is 2.24. The van der Waals surface area contributed by atoms with E-state index in [4.69, 9.17) is 5.11 Å². The number of hydrogen-bond donors (Lipinski definition) is 1. The maximum absolute atomic E-state index is 10.3. The average molecular weight is 306 g/mol. The van der Waals surface area contributed by atoms with Gasteiger partial charge in [-0.05, 0) is 51.4 Å². The Morgan fingerprint density at radius 2 is 1.23 bits per heavy atom. The highest BCUT2D eigenvalue weighted by atomic mass is 16.4. The predicted molar refractivity (Wildman–Crippen MR) is 96.1 cm³/mol. The number of carboxylic acids is 1. The van der Waals surface area contributed by atoms with Crippen molar-refractivity contribution in [3.05, 3.63) is 36.5 Å². The molecular formula is C20H34O2. The lowest BCUT2D eigenvalue weighted by atomic mass is 10.1. The molecule has 0 aromatic carbocycles. The lowest BCUT2D eigenvalue weighted by Gasteiger charge is -1.94. The SMILES string of the molecule is CCCCCCC=CC=CCCCCC=CCCCC(=O)O. The number of allylic oxidation sites excluding steroid dienone is 6. The van der Waals surface area contributed by atoms with Crippen LogP contribution in [0, 0.1) is 0 Å². The Morgan fingerprint density at radius 3 is 1.77 bits per heavy atom. The minimum absolute atomic E-state index is 0.279. The molecule has 0 aliphatic rings. The summed E-state index contributed by atoms with van der Waals surface area (Å²) in [5, 5.41) is 8.50. The van der Waals surface area contributed by atoms with Crippen LogP contribution in [0.3, 0.4) is 0 Å². The summed E-state index contributed by atoms with van der Waals surface area (Å²) in [5.74, 6) is -0.699. The van der Waals surface area contributed by atoms with E-state index < -0.39 is 5.97 Å². The Morgan fingerprint density at radius 1 is 0.727 bits per heavy atom. The Hall–Kier alpha value is -1.31. The molecular weight excluding hydrogens is 272 g/mol. The quantitative estimate of drug-likeness (QED) is 0.215. The second-order valence-electron chi connectivity index (χ2n) is 5.75. The van der Waals surface area contributed by atoms with E-state index in [0.29, 0.717) is 0 Å². The van der Waals surface area contributed by atoms with Crippen molar-refractivity contribution in [2.45, 2.75) is 84.0 Å². The number of rotatable bonds is 15. The minimum Gasteiger partial charge on any atom is -0.481 e. The van der Waals surface area contributed by atoms with Crippen LogP contribution >= 0.6 is 0 Å². The van der Waals surface area contributed by atoms with Crippen LogP contribution in [0.5, 0.6) is 0 Å². The van der Waals surface area contributed by atoms with Crippen LogP contribution in [-0.2, 0) is 4.79 Å². The Labute approximate surface area is 137 Å². The summed E-state index contributed by atoms with van der Waals surface area (Å²) in [6, 6.07) is 0. The van der Waals surface area contributed by atoms with Gasteiger partial charge in [0.25, 0.3) is 0 Å². The zero-order chi connectivity index (χ0) is 16.3. The summed E-state index contributed by atoms with van der Waals surface area (Å²) < 4.78 is 0. The molecule has 0 aromatic rings. The highest BCUT2D eigenvalue weighted by Crippen LogP contribution is 2.05. The van der Waals surface area contributed by atoms with Crippen LogP contribution in [0.25, 0.3) is 0 Å². The van der Waals surface area contributed by atoms with Crippen molar-refractivity contribution in [1.82, 2.24) is 0 Å². The first-order valence-electron chi connectivity index (χ1n) is 8.95. The lowest BCUT2D eigenvalue weighted by molar-refractivity contribution is -0.137. The molecule has 126 valence electrons. The second-order valence-corrected chi connectivity index (χ2v) is 5.75. The van der Waals surface area contributed by atoms with Crippen LogP contribution in [0.4, 0.5) is 0 Å². The zero-order valence-corrected chi connectivity index (χ0v) is 14.3. The summed E-state index contributed by atoms with van der Waals surface area (Å²) in [7, 11) is 0. The Kier molecular flexibility index (Phi) is 16.7. The predicted octanol–water partition coefficient (Wildman–Crippen LogP) is 6.44. The average Bonchev–Trinajstić information content (AvgIpc) is 2.50. The third-order valence-corrected chi connectivity index (χ3v) is 3.53. The second kappa shape index (κ2) is 17.7. The standard InChI is InChI=1S/C20H34O2/c1-2-3-4-5-6-7-8-9-10-11-12-13-14-15-16-17-18-19-20(21)22/h7-10,15-16H,2-6,11-14,17-19H2,1H3,(H,21,22). The molecule has 0 radical (unpaired) electrons. The van der Waals surface area contributed by atoms with E-state index in [1.165, 1.54) is 44.9 Å². The van der Waals surface area contributed by atoms with Gasteiger partial charge in [0, 0.05) is 6.42 Å². The fourth-order valence-corrected chi connectivity index (χ4v) is 2.17. The first kappa shape index (κ1) is 20.7. The molecule has 2 nitrogen and oxygen atoms in total. The molecule has 1 N–H and O–H groups in total. The summed E-state index contributed by atoms with van der Waals surface area (Å²) in [6.07, 6.45) is 26.3. The molecule has 0 aliphatic heterocycles. The van der Waals surface area contributed by atoms with E-state index in [1.54, 1.807) is 0 Å². The number of carbonyl (C=O) groups is 1. The smallest absolute Gasteiger partial charge is 0.303 e. The zero-order valence-electron chi connectivity index (χ0n) is 14.3. The van der Waals surface area contributed by atoms with E-state index in [0.717, 1.165) is 25.7 Å². The van der Waals surface area contributed by atoms with Gasteiger partial charge < -0.3 is 5.11 Å². The maximum atomic E-state index is 10.3. The van der Waals surface area contributed by atoms with Crippen molar-refractivity contribution in [2.75, 3.05) is 0 Å². The van der Waals surface area contributed by atoms with E-state index in [2.05, 4.69) is 43.4 Å². The van der Waals surface area contributed by atoms with E-state index in [1.807, 2.05) is 0 Å². The molecule has 0 amide bonds. The van der Waals surface area contributed by atoms with Gasteiger partial charge >= 0.3 is 5.97 Å². The number of carboxylic acid groups (broad SMARTS) is 1. The first-order chi connectivity index (χ1) is 10.8. The van der Waals surface area contributed by atoms with Crippen LogP contribution < -0.4 is 0 Å². The molecule has 0 saturated carbocycles. The fourth-order valence-electron chi connectivity index (χ4n) is 2.17. The maximum Gasteiger partial charge on any atom is 0.303 e. The Bertz CT molecular complexity index is 327. The van der Waals surface area contributed by atoms with Gasteiger partial charge in [0.2, 0.25) is 0 Å². The van der Waals surface area contributed by atoms with Gasteiger partial charge in [-0.1, -0.05) is 62.6 Å². The summed E-state index contributed by atoms with van der Waals surface area (Å²) in [5.41, 5.74) is 0. The molecule has 0 spiro atoms. The molecule has 0 heterocycles. The lowest BCUT2D eigenvalue weighted by Crippen LogP contribution is -1.92. The molecule has 22 heavy (non-hydrogen) atoms. The molecule has 0 atom stereocenters. The van der Waals surface area contributed by atoms with E-state index >= 15 is 0 Å². The van der Waals surface area contributed by atoms with Gasteiger partial charge in [0.15, 0.2) is 0 Å². The van der Waals surface area contributed by atoms with Crippen LogP contribution in [0.15, 0.2) is 36.5 Å². The number of hydrogen-bond acceptors (Lipinski definition) is 1. The highest BCUT2D eigenvalue weighted by Gasteiger charge is 1.93. The van der Waals surface area contributed by atoms with Crippen molar-refractivity contribution < 1.29 is 9.90 Å². The third kappa shape index (κ3) is 18.7. The van der Waals surface area contributed by atoms with Gasteiger partial charge in [-0.2, -0.15) is 0 Å². The molecule has 0 aliphatic carbocycles. The fraction of sp³-hybridized carbons (Fsp3) is 0.650. The molecule has 0 saturated heterocycles. The monoisotopic (exact) mass is 306 g/mol. The van der Waals surface area contributed by atoms with Gasteiger partial charge in [-0.3, -0.25) is 4.79 Å². The number of aliphatic carboxylic acids is 1. The van der Waals surface area contributed by atoms with Crippen LogP contribution in [0.2, 0.25) is 0 Å². The third-order valence-electron chi connectivity index (χ3n) is 3.53. The molecule has 2 heteroatoms. The van der Waals surface area contributed by atoms with Crippen LogP contribution in [0.1, 0.15) is 84.0 Å². The molecule has 0 unspecified atom stereocenters. The minimum atomic E-state index is -0.699. The van der Waals surface area contributed by atoms with Gasteiger partial charge in [0.05, 0.1) is 0 Å². The van der Waals surface area contributed by atoms with Gasteiger partial charge in [-0.15, -0.1) is 0 Å². The van der Waals surface area contributed by atoms with Crippen LogP contribution in [-0.4, -0.2) is 11.1 Å². The highest BCUT2D eigenvalue weighted by molar-refractivity contribution is 5.66. The topological polar surface area (TPSA) is 37.3 Å².